The highest BCUT2D eigenvalue weighted by Gasteiger charge is 2.31. The molecule has 7 heteroatoms. The van der Waals surface area contributed by atoms with Crippen LogP contribution in [-0.2, 0) is 11.3 Å². The lowest BCUT2D eigenvalue weighted by Crippen LogP contribution is -2.35. The highest BCUT2D eigenvalue weighted by molar-refractivity contribution is 7.07. The standard InChI is InChI=1S/C19H22N2O4S/c1-13-12-26-19(23)21(13)11-18(22)20-7-2-4-15(20)14-5-6-16-17(10-14)25-9-3-8-24-16/h5-6,10,12,15H,2-4,7-9,11H2,1H3/t15-/m1/s1. The lowest BCUT2D eigenvalue weighted by Gasteiger charge is -2.26. The fourth-order valence-electron chi connectivity index (χ4n) is 3.62. The van der Waals surface area contributed by atoms with E-state index in [1.807, 2.05) is 30.0 Å². The zero-order valence-corrected chi connectivity index (χ0v) is 15.6. The van der Waals surface area contributed by atoms with Crippen LogP contribution < -0.4 is 14.3 Å². The van der Waals surface area contributed by atoms with Crippen LogP contribution in [0.2, 0.25) is 0 Å². The van der Waals surface area contributed by atoms with E-state index in [0.29, 0.717) is 13.2 Å². The molecule has 6 nitrogen and oxygen atoms in total. The van der Waals surface area contributed by atoms with Crippen molar-refractivity contribution in [3.05, 3.63) is 44.5 Å². The summed E-state index contributed by atoms with van der Waals surface area (Å²) in [5.74, 6) is 1.51. The number of rotatable bonds is 3. The van der Waals surface area contributed by atoms with Crippen molar-refractivity contribution in [3.8, 4) is 11.5 Å². The molecule has 1 amide bonds. The van der Waals surface area contributed by atoms with Crippen LogP contribution in [0.4, 0.5) is 0 Å². The van der Waals surface area contributed by atoms with E-state index in [2.05, 4.69) is 0 Å². The van der Waals surface area contributed by atoms with Crippen LogP contribution in [0.15, 0.2) is 28.4 Å². The Morgan fingerprint density at radius 1 is 1.23 bits per heavy atom. The number of nitrogens with zero attached hydrogens (tertiary/aromatic N) is 2. The zero-order chi connectivity index (χ0) is 18.1. The SMILES string of the molecule is Cc1csc(=O)n1CC(=O)N1CCC[C@@H]1c1ccc2c(c1)OCCCO2. The van der Waals surface area contributed by atoms with Crippen LogP contribution in [0.3, 0.4) is 0 Å². The summed E-state index contributed by atoms with van der Waals surface area (Å²) >= 11 is 1.14. The number of ether oxygens (including phenoxy) is 2. The van der Waals surface area contributed by atoms with Crippen LogP contribution in [0.25, 0.3) is 0 Å². The average Bonchev–Trinajstić information content (AvgIpc) is 3.16. The summed E-state index contributed by atoms with van der Waals surface area (Å²) in [5, 5.41) is 1.79. The fourth-order valence-corrected chi connectivity index (χ4v) is 4.36. The molecule has 26 heavy (non-hydrogen) atoms. The molecular weight excluding hydrogens is 352 g/mol. The monoisotopic (exact) mass is 374 g/mol. The molecule has 0 N–H and O–H groups in total. The van der Waals surface area contributed by atoms with E-state index < -0.39 is 0 Å². The number of hydrogen-bond donors (Lipinski definition) is 0. The Bertz CT molecular complexity index is 873. The predicted molar refractivity (Wildman–Crippen MR) is 99.1 cm³/mol. The zero-order valence-electron chi connectivity index (χ0n) is 14.8. The van der Waals surface area contributed by atoms with Gasteiger partial charge in [-0.25, -0.2) is 0 Å². The minimum atomic E-state index is -0.0813. The van der Waals surface area contributed by atoms with Gasteiger partial charge in [-0.1, -0.05) is 17.4 Å². The molecular formula is C19H22N2O4S. The van der Waals surface area contributed by atoms with Gasteiger partial charge in [-0.05, 0) is 37.5 Å². The lowest BCUT2D eigenvalue weighted by molar-refractivity contribution is -0.132. The molecule has 1 aromatic carbocycles. The maximum Gasteiger partial charge on any atom is 0.307 e. The molecule has 4 rings (SSSR count). The number of likely N-dealkylation sites (tertiary alicyclic amines) is 1. The quantitative estimate of drug-likeness (QED) is 0.829. The molecule has 1 atom stereocenters. The predicted octanol–water partition coefficient (Wildman–Crippen LogP) is 2.74. The van der Waals surface area contributed by atoms with Crippen molar-refractivity contribution in [2.24, 2.45) is 0 Å². The van der Waals surface area contributed by atoms with Crippen molar-refractivity contribution in [3.63, 3.8) is 0 Å². The number of benzene rings is 1. The summed E-state index contributed by atoms with van der Waals surface area (Å²) in [7, 11) is 0. The minimum Gasteiger partial charge on any atom is -0.490 e. The molecule has 0 spiro atoms. The first-order chi connectivity index (χ1) is 12.6. The van der Waals surface area contributed by atoms with Gasteiger partial charge in [-0.15, -0.1) is 0 Å². The van der Waals surface area contributed by atoms with E-state index in [1.54, 1.807) is 9.95 Å². The Morgan fingerprint density at radius 3 is 2.81 bits per heavy atom. The van der Waals surface area contributed by atoms with Crippen LogP contribution in [0.5, 0.6) is 11.5 Å². The molecule has 0 aliphatic carbocycles. The van der Waals surface area contributed by atoms with E-state index in [-0.39, 0.29) is 23.4 Å². The third-order valence-electron chi connectivity index (χ3n) is 5.00. The number of thiazole rings is 1. The first-order valence-electron chi connectivity index (χ1n) is 8.97. The van der Waals surface area contributed by atoms with Crippen LogP contribution in [0, 0.1) is 6.92 Å². The van der Waals surface area contributed by atoms with Gasteiger partial charge in [0, 0.05) is 24.0 Å². The van der Waals surface area contributed by atoms with Crippen LogP contribution in [0.1, 0.15) is 36.6 Å². The number of carbonyl (C=O) groups excluding carboxylic acids is 1. The molecule has 0 saturated carbocycles. The van der Waals surface area contributed by atoms with Crippen molar-refractivity contribution in [1.29, 1.82) is 0 Å². The van der Waals surface area contributed by atoms with Crippen LogP contribution in [-0.4, -0.2) is 35.1 Å². The fraction of sp³-hybridized carbons (Fsp3) is 0.474. The van der Waals surface area contributed by atoms with E-state index in [1.165, 1.54) is 0 Å². The highest BCUT2D eigenvalue weighted by atomic mass is 32.1. The number of carbonyl (C=O) groups is 1. The molecule has 1 saturated heterocycles. The largest absolute Gasteiger partial charge is 0.490 e. The summed E-state index contributed by atoms with van der Waals surface area (Å²) in [6, 6.07) is 5.98. The molecule has 0 bridgehead atoms. The highest BCUT2D eigenvalue weighted by Crippen LogP contribution is 2.38. The summed E-state index contributed by atoms with van der Waals surface area (Å²) in [6.45, 7) is 3.99. The molecule has 1 fully saturated rings. The van der Waals surface area contributed by atoms with Gasteiger partial charge < -0.3 is 14.4 Å². The Balaban J connectivity index is 1.56. The third kappa shape index (κ3) is 3.23. The van der Waals surface area contributed by atoms with Crippen molar-refractivity contribution in [2.75, 3.05) is 19.8 Å². The van der Waals surface area contributed by atoms with Crippen molar-refractivity contribution < 1.29 is 14.3 Å². The molecule has 0 radical (unpaired) electrons. The van der Waals surface area contributed by atoms with Gasteiger partial charge in [0.1, 0.15) is 6.54 Å². The van der Waals surface area contributed by atoms with Crippen molar-refractivity contribution in [1.82, 2.24) is 9.47 Å². The number of fused-ring (bicyclic) bond motifs is 1. The Labute approximate surface area is 156 Å². The number of aryl methyl sites for hydroxylation is 1. The van der Waals surface area contributed by atoms with Gasteiger partial charge in [0.05, 0.1) is 19.3 Å². The third-order valence-corrected chi connectivity index (χ3v) is 5.88. The molecule has 138 valence electrons. The first-order valence-corrected chi connectivity index (χ1v) is 9.85. The number of aromatic nitrogens is 1. The van der Waals surface area contributed by atoms with E-state index in [0.717, 1.165) is 59.9 Å². The summed E-state index contributed by atoms with van der Waals surface area (Å²) < 4.78 is 13.0. The van der Waals surface area contributed by atoms with Gasteiger partial charge in [-0.3, -0.25) is 14.2 Å². The van der Waals surface area contributed by atoms with E-state index in [4.69, 9.17) is 9.47 Å². The Hall–Kier alpha value is -2.28. The van der Waals surface area contributed by atoms with Gasteiger partial charge in [-0.2, -0.15) is 0 Å². The van der Waals surface area contributed by atoms with Crippen molar-refractivity contribution >= 4 is 17.2 Å². The maximum atomic E-state index is 12.9. The molecule has 2 aliphatic rings. The second-order valence-electron chi connectivity index (χ2n) is 6.73. The van der Waals surface area contributed by atoms with Crippen LogP contribution >= 0.6 is 11.3 Å². The smallest absolute Gasteiger partial charge is 0.307 e. The number of hydrogen-bond acceptors (Lipinski definition) is 5. The normalized spacial score (nSPS) is 19.4. The van der Waals surface area contributed by atoms with E-state index >= 15 is 0 Å². The molecule has 2 aliphatic heterocycles. The summed E-state index contributed by atoms with van der Waals surface area (Å²) in [5.41, 5.74) is 1.90. The second kappa shape index (κ2) is 7.15. The maximum absolute atomic E-state index is 12.9. The number of amides is 1. The summed E-state index contributed by atoms with van der Waals surface area (Å²) in [6.07, 6.45) is 2.75. The molecule has 1 aromatic heterocycles. The summed E-state index contributed by atoms with van der Waals surface area (Å²) in [4.78, 5) is 26.6. The Morgan fingerprint density at radius 2 is 2.04 bits per heavy atom. The molecule has 2 aromatic rings. The van der Waals surface area contributed by atoms with Gasteiger partial charge in [0.25, 0.3) is 0 Å². The first kappa shape index (κ1) is 17.1. The average molecular weight is 374 g/mol. The lowest BCUT2D eigenvalue weighted by atomic mass is 10.0. The Kier molecular flexibility index (Phi) is 4.72. The topological polar surface area (TPSA) is 60.8 Å². The second-order valence-corrected chi connectivity index (χ2v) is 7.55. The van der Waals surface area contributed by atoms with Gasteiger partial charge in [0.2, 0.25) is 5.91 Å². The van der Waals surface area contributed by atoms with Crippen molar-refractivity contribution in [2.45, 2.75) is 38.8 Å². The van der Waals surface area contributed by atoms with E-state index in [9.17, 15) is 9.59 Å². The van der Waals surface area contributed by atoms with Gasteiger partial charge >= 0.3 is 4.87 Å². The molecule has 3 heterocycles. The minimum absolute atomic E-state index is 0.0109. The molecule has 0 unspecified atom stereocenters. The van der Waals surface area contributed by atoms with Gasteiger partial charge in [0.15, 0.2) is 11.5 Å².